The van der Waals surface area contributed by atoms with Crippen molar-refractivity contribution in [2.45, 2.75) is 19.5 Å². The number of halogens is 1. The molecule has 2 aromatic heterocycles. The summed E-state index contributed by atoms with van der Waals surface area (Å²) in [5, 5.41) is 5.60. The first-order chi connectivity index (χ1) is 9.16. The average Bonchev–Trinajstić information content (AvgIpc) is 3.05. The quantitative estimate of drug-likeness (QED) is 0.769. The normalized spacial score (nSPS) is 13.1. The molecule has 19 heavy (non-hydrogen) atoms. The lowest BCUT2D eigenvalue weighted by atomic mass is 10.2. The van der Waals surface area contributed by atoms with Gasteiger partial charge in [-0.1, -0.05) is 17.7 Å². The minimum atomic E-state index is 0.484. The van der Waals surface area contributed by atoms with E-state index in [1.807, 2.05) is 17.4 Å². The molecule has 2 rings (SSSR count). The van der Waals surface area contributed by atoms with Crippen molar-refractivity contribution in [3.63, 3.8) is 0 Å². The van der Waals surface area contributed by atoms with Crippen LogP contribution in [0.25, 0.3) is 0 Å². The molecule has 0 aliphatic heterocycles. The van der Waals surface area contributed by atoms with Crippen LogP contribution in [0.2, 0.25) is 4.34 Å². The molecule has 0 radical (unpaired) electrons. The Morgan fingerprint density at radius 3 is 2.84 bits per heavy atom. The first kappa shape index (κ1) is 15.0. The maximum absolute atomic E-state index is 5.91. The summed E-state index contributed by atoms with van der Waals surface area (Å²) in [5.74, 6) is 0. The Balaban J connectivity index is 1.68. The van der Waals surface area contributed by atoms with E-state index in [0.717, 1.165) is 24.0 Å². The molecule has 104 valence electrons. The summed E-state index contributed by atoms with van der Waals surface area (Å²) in [6.07, 6.45) is 0. The van der Waals surface area contributed by atoms with Crippen LogP contribution < -0.4 is 5.32 Å². The smallest absolute Gasteiger partial charge is 0.0931 e. The first-order valence-corrected chi connectivity index (χ1v) is 8.43. The zero-order valence-electron chi connectivity index (χ0n) is 11.2. The molecule has 0 bridgehead atoms. The van der Waals surface area contributed by atoms with Crippen molar-refractivity contribution in [3.05, 3.63) is 43.7 Å². The fourth-order valence-corrected chi connectivity index (χ4v) is 3.76. The van der Waals surface area contributed by atoms with Gasteiger partial charge in [-0.3, -0.25) is 4.90 Å². The summed E-state index contributed by atoms with van der Waals surface area (Å²) < 4.78 is 0.861. The highest BCUT2D eigenvalue weighted by Crippen LogP contribution is 2.23. The van der Waals surface area contributed by atoms with Crippen LogP contribution in [0.1, 0.15) is 22.7 Å². The molecule has 0 aromatic carbocycles. The van der Waals surface area contributed by atoms with Gasteiger partial charge in [-0.05, 0) is 37.6 Å². The third-order valence-electron chi connectivity index (χ3n) is 3.19. The number of nitrogens with zero attached hydrogens (tertiary/aromatic N) is 1. The number of thiophene rings is 2. The highest BCUT2D eigenvalue weighted by Gasteiger charge is 2.11. The van der Waals surface area contributed by atoms with E-state index in [9.17, 15) is 0 Å². The predicted molar refractivity (Wildman–Crippen MR) is 86.4 cm³/mol. The number of likely N-dealkylation sites (N-methyl/N-ethyl adjacent to an activating group) is 1. The van der Waals surface area contributed by atoms with Crippen molar-refractivity contribution in [1.82, 2.24) is 10.2 Å². The average molecular weight is 315 g/mol. The van der Waals surface area contributed by atoms with Crippen LogP contribution in [-0.2, 0) is 6.54 Å². The Morgan fingerprint density at radius 2 is 2.21 bits per heavy atom. The summed E-state index contributed by atoms with van der Waals surface area (Å²) in [7, 11) is 2.17. The molecule has 0 aliphatic carbocycles. The second-order valence-electron chi connectivity index (χ2n) is 4.55. The van der Waals surface area contributed by atoms with Crippen LogP contribution in [0.5, 0.6) is 0 Å². The lowest BCUT2D eigenvalue weighted by Gasteiger charge is -2.23. The summed E-state index contributed by atoms with van der Waals surface area (Å²) in [6, 6.07) is 8.83. The Morgan fingerprint density at radius 1 is 1.37 bits per heavy atom. The van der Waals surface area contributed by atoms with E-state index in [1.165, 1.54) is 9.75 Å². The molecule has 1 atom stereocenters. The van der Waals surface area contributed by atoms with Gasteiger partial charge in [-0.2, -0.15) is 0 Å². The predicted octanol–water partition coefficient (Wildman–Crippen LogP) is 4.25. The Hall–Kier alpha value is -0.390. The number of hydrogen-bond acceptors (Lipinski definition) is 4. The van der Waals surface area contributed by atoms with Gasteiger partial charge in [-0.15, -0.1) is 22.7 Å². The van der Waals surface area contributed by atoms with E-state index in [0.29, 0.717) is 6.04 Å². The summed E-state index contributed by atoms with van der Waals surface area (Å²) in [4.78, 5) is 5.09. The third kappa shape index (κ3) is 4.58. The van der Waals surface area contributed by atoms with Gasteiger partial charge in [0.15, 0.2) is 0 Å². The van der Waals surface area contributed by atoms with Gasteiger partial charge >= 0.3 is 0 Å². The molecular formula is C14H19ClN2S2. The molecule has 1 N–H and O–H groups in total. The van der Waals surface area contributed by atoms with Crippen LogP contribution in [0.3, 0.4) is 0 Å². The van der Waals surface area contributed by atoms with E-state index in [-0.39, 0.29) is 0 Å². The fraction of sp³-hybridized carbons (Fsp3) is 0.429. The second-order valence-corrected chi connectivity index (χ2v) is 7.33. The van der Waals surface area contributed by atoms with E-state index in [2.05, 4.69) is 47.8 Å². The van der Waals surface area contributed by atoms with E-state index < -0.39 is 0 Å². The molecular weight excluding hydrogens is 296 g/mol. The van der Waals surface area contributed by atoms with Gasteiger partial charge < -0.3 is 5.32 Å². The van der Waals surface area contributed by atoms with Crippen molar-refractivity contribution in [1.29, 1.82) is 0 Å². The van der Waals surface area contributed by atoms with Crippen molar-refractivity contribution < 1.29 is 0 Å². The second kappa shape index (κ2) is 7.41. The molecule has 0 saturated carbocycles. The van der Waals surface area contributed by atoms with Crippen LogP contribution >= 0.6 is 34.3 Å². The molecule has 0 saturated heterocycles. The summed E-state index contributed by atoms with van der Waals surface area (Å²) in [5.41, 5.74) is 0. The number of rotatable bonds is 7. The maximum atomic E-state index is 5.91. The minimum absolute atomic E-state index is 0.484. The topological polar surface area (TPSA) is 15.3 Å². The van der Waals surface area contributed by atoms with Crippen molar-refractivity contribution in [2.75, 3.05) is 20.1 Å². The highest BCUT2D eigenvalue weighted by molar-refractivity contribution is 7.16. The minimum Gasteiger partial charge on any atom is -0.311 e. The van der Waals surface area contributed by atoms with Gasteiger partial charge in [-0.25, -0.2) is 0 Å². The molecule has 5 heteroatoms. The van der Waals surface area contributed by atoms with Crippen LogP contribution in [0.4, 0.5) is 0 Å². The van der Waals surface area contributed by atoms with E-state index in [4.69, 9.17) is 11.6 Å². The van der Waals surface area contributed by atoms with Crippen LogP contribution in [-0.4, -0.2) is 25.0 Å². The van der Waals surface area contributed by atoms with Gasteiger partial charge in [0.1, 0.15) is 0 Å². The monoisotopic (exact) mass is 314 g/mol. The highest BCUT2D eigenvalue weighted by atomic mass is 35.5. The molecule has 2 heterocycles. The molecule has 2 aromatic rings. The van der Waals surface area contributed by atoms with Crippen molar-refractivity contribution in [2.24, 2.45) is 0 Å². The first-order valence-electron chi connectivity index (χ1n) is 6.35. The maximum Gasteiger partial charge on any atom is 0.0931 e. The molecule has 1 unspecified atom stereocenters. The number of hydrogen-bond donors (Lipinski definition) is 1. The molecule has 0 amide bonds. The Labute approximate surface area is 128 Å². The molecule has 2 nitrogen and oxygen atoms in total. The van der Waals surface area contributed by atoms with Crippen LogP contribution in [0.15, 0.2) is 29.6 Å². The van der Waals surface area contributed by atoms with Crippen LogP contribution in [0, 0.1) is 0 Å². The molecule has 0 aliphatic rings. The van der Waals surface area contributed by atoms with Gasteiger partial charge in [0.2, 0.25) is 0 Å². The zero-order chi connectivity index (χ0) is 13.7. The lowest BCUT2D eigenvalue weighted by Crippen LogP contribution is -2.30. The standard InChI is InChI=1S/C14H19ClN2S2/c1-11(13-4-3-9-18-13)17(2)8-7-16-10-12-5-6-14(15)19-12/h3-6,9,11,16H,7-8,10H2,1-2H3. The number of nitrogens with one attached hydrogen (secondary N) is 1. The SMILES string of the molecule is CC(c1cccs1)N(C)CCNCc1ccc(Cl)s1. The lowest BCUT2D eigenvalue weighted by molar-refractivity contribution is 0.264. The summed E-state index contributed by atoms with van der Waals surface area (Å²) >= 11 is 9.37. The van der Waals surface area contributed by atoms with Crippen molar-refractivity contribution in [3.8, 4) is 0 Å². The van der Waals surface area contributed by atoms with Gasteiger partial charge in [0.05, 0.1) is 4.34 Å². The zero-order valence-corrected chi connectivity index (χ0v) is 13.6. The summed E-state index contributed by atoms with van der Waals surface area (Å²) in [6.45, 7) is 5.18. The third-order valence-corrected chi connectivity index (χ3v) is 5.46. The van der Waals surface area contributed by atoms with E-state index in [1.54, 1.807) is 11.3 Å². The fourth-order valence-electron chi connectivity index (χ4n) is 1.85. The Bertz CT molecular complexity index is 481. The Kier molecular flexibility index (Phi) is 5.85. The molecule has 0 fully saturated rings. The van der Waals surface area contributed by atoms with Crippen molar-refractivity contribution >= 4 is 34.3 Å². The largest absolute Gasteiger partial charge is 0.311 e. The van der Waals surface area contributed by atoms with Gasteiger partial charge in [0, 0.05) is 35.4 Å². The van der Waals surface area contributed by atoms with Gasteiger partial charge in [0.25, 0.3) is 0 Å². The molecule has 0 spiro atoms. The van der Waals surface area contributed by atoms with E-state index >= 15 is 0 Å².